The summed E-state index contributed by atoms with van der Waals surface area (Å²) in [6.45, 7) is 5.23. The summed E-state index contributed by atoms with van der Waals surface area (Å²) in [5.74, 6) is 0.222. The Kier molecular flexibility index (Phi) is 5.71. The van der Waals surface area contributed by atoms with Gasteiger partial charge in [0.05, 0.1) is 6.54 Å². The molecule has 1 saturated carbocycles. The highest BCUT2D eigenvalue weighted by molar-refractivity contribution is 5.78. The van der Waals surface area contributed by atoms with Crippen molar-refractivity contribution in [3.05, 3.63) is 0 Å². The number of hydrogen-bond donors (Lipinski definition) is 2. The fourth-order valence-electron chi connectivity index (χ4n) is 4.31. The minimum absolute atomic E-state index is 0.172. The standard InChI is InChI=1S/C17H31N3O2/c21-16(19-15-4-2-1-3-5-15)14-20-11-10-18-9-6-17(20)7-12-22-13-8-17/h15,18H,1-14H2,(H,19,21). The van der Waals surface area contributed by atoms with E-state index in [2.05, 4.69) is 15.5 Å². The molecule has 1 spiro atoms. The van der Waals surface area contributed by atoms with Crippen LogP contribution in [0.1, 0.15) is 51.4 Å². The molecule has 3 aliphatic rings. The Morgan fingerprint density at radius 3 is 2.68 bits per heavy atom. The van der Waals surface area contributed by atoms with Gasteiger partial charge < -0.3 is 15.4 Å². The monoisotopic (exact) mass is 309 g/mol. The van der Waals surface area contributed by atoms with E-state index in [4.69, 9.17) is 4.74 Å². The van der Waals surface area contributed by atoms with Gasteiger partial charge in [0.25, 0.3) is 0 Å². The zero-order valence-corrected chi connectivity index (χ0v) is 13.7. The van der Waals surface area contributed by atoms with Crippen molar-refractivity contribution in [2.45, 2.75) is 62.9 Å². The number of nitrogens with one attached hydrogen (secondary N) is 2. The molecule has 0 radical (unpaired) electrons. The molecule has 0 aromatic carbocycles. The third-order valence-corrected chi connectivity index (χ3v) is 5.72. The Labute approximate surface area is 134 Å². The Morgan fingerprint density at radius 2 is 1.91 bits per heavy atom. The van der Waals surface area contributed by atoms with Crippen LogP contribution in [0, 0.1) is 0 Å². The van der Waals surface area contributed by atoms with Crippen LogP contribution in [0.2, 0.25) is 0 Å². The van der Waals surface area contributed by atoms with Crippen molar-refractivity contribution in [3.63, 3.8) is 0 Å². The van der Waals surface area contributed by atoms with Gasteiger partial charge in [-0.3, -0.25) is 9.69 Å². The first-order chi connectivity index (χ1) is 10.8. The number of nitrogens with zero attached hydrogens (tertiary/aromatic N) is 1. The van der Waals surface area contributed by atoms with Gasteiger partial charge in [-0.15, -0.1) is 0 Å². The zero-order valence-electron chi connectivity index (χ0n) is 13.7. The smallest absolute Gasteiger partial charge is 0.234 e. The van der Waals surface area contributed by atoms with Gasteiger partial charge in [0.1, 0.15) is 0 Å². The molecule has 1 amide bonds. The first-order valence-electron chi connectivity index (χ1n) is 9.11. The van der Waals surface area contributed by atoms with E-state index < -0.39 is 0 Å². The van der Waals surface area contributed by atoms with Crippen molar-refractivity contribution >= 4 is 5.91 Å². The zero-order chi connectivity index (χ0) is 15.3. The Hall–Kier alpha value is -0.650. The topological polar surface area (TPSA) is 53.6 Å². The van der Waals surface area contributed by atoms with Crippen molar-refractivity contribution < 1.29 is 9.53 Å². The summed E-state index contributed by atoms with van der Waals surface area (Å²) in [6, 6.07) is 0.414. The maximum Gasteiger partial charge on any atom is 0.234 e. The summed E-state index contributed by atoms with van der Waals surface area (Å²) in [6.07, 6.45) is 9.43. The van der Waals surface area contributed by atoms with Crippen LogP contribution in [0.3, 0.4) is 0 Å². The normalized spacial score (nSPS) is 27.5. The van der Waals surface area contributed by atoms with Gasteiger partial charge in [-0.05, 0) is 38.6 Å². The molecule has 0 bridgehead atoms. The van der Waals surface area contributed by atoms with E-state index in [0.717, 1.165) is 65.0 Å². The van der Waals surface area contributed by atoms with E-state index in [1.807, 2.05) is 0 Å². The lowest BCUT2D eigenvalue weighted by atomic mass is 9.84. The minimum atomic E-state index is 0.172. The Bertz CT molecular complexity index is 363. The van der Waals surface area contributed by atoms with Crippen molar-refractivity contribution in [2.24, 2.45) is 0 Å². The molecule has 0 unspecified atom stereocenters. The first kappa shape index (κ1) is 16.2. The quantitative estimate of drug-likeness (QED) is 0.825. The Morgan fingerprint density at radius 1 is 1.14 bits per heavy atom. The molecule has 5 nitrogen and oxygen atoms in total. The van der Waals surface area contributed by atoms with Crippen LogP contribution in [0.4, 0.5) is 0 Å². The molecule has 5 heteroatoms. The van der Waals surface area contributed by atoms with Gasteiger partial charge in [-0.1, -0.05) is 19.3 Å². The first-order valence-corrected chi connectivity index (χ1v) is 9.11. The van der Waals surface area contributed by atoms with E-state index in [9.17, 15) is 4.79 Å². The van der Waals surface area contributed by atoms with E-state index in [1.54, 1.807) is 0 Å². The molecule has 0 atom stereocenters. The molecule has 2 saturated heterocycles. The third-order valence-electron chi connectivity index (χ3n) is 5.72. The van der Waals surface area contributed by atoms with Crippen LogP contribution in [-0.2, 0) is 9.53 Å². The summed E-state index contributed by atoms with van der Waals surface area (Å²) in [4.78, 5) is 15.0. The highest BCUT2D eigenvalue weighted by Gasteiger charge is 2.39. The molecule has 2 N–H and O–H groups in total. The molecule has 3 rings (SSSR count). The van der Waals surface area contributed by atoms with Crippen molar-refractivity contribution in [2.75, 3.05) is 39.4 Å². The van der Waals surface area contributed by atoms with Gasteiger partial charge in [-0.25, -0.2) is 0 Å². The average molecular weight is 309 g/mol. The second kappa shape index (κ2) is 7.75. The summed E-state index contributed by atoms with van der Waals surface area (Å²) < 4.78 is 5.57. The largest absolute Gasteiger partial charge is 0.381 e. The summed E-state index contributed by atoms with van der Waals surface area (Å²) >= 11 is 0. The molecule has 2 aliphatic heterocycles. The van der Waals surface area contributed by atoms with Gasteiger partial charge in [0, 0.05) is 37.9 Å². The fourth-order valence-corrected chi connectivity index (χ4v) is 4.31. The number of carbonyl (C=O) groups is 1. The molecule has 2 heterocycles. The van der Waals surface area contributed by atoms with Crippen LogP contribution in [0.5, 0.6) is 0 Å². The predicted molar refractivity (Wildman–Crippen MR) is 86.9 cm³/mol. The van der Waals surface area contributed by atoms with Gasteiger partial charge in [-0.2, -0.15) is 0 Å². The molecule has 22 heavy (non-hydrogen) atoms. The van der Waals surface area contributed by atoms with E-state index in [-0.39, 0.29) is 11.4 Å². The van der Waals surface area contributed by atoms with Crippen molar-refractivity contribution in [1.82, 2.24) is 15.5 Å². The highest BCUT2D eigenvalue weighted by Crippen LogP contribution is 2.32. The highest BCUT2D eigenvalue weighted by atomic mass is 16.5. The van der Waals surface area contributed by atoms with E-state index >= 15 is 0 Å². The SMILES string of the molecule is O=C(CN1CCNCCC12CCOCC2)NC1CCCCC1. The number of amides is 1. The molecule has 1 aliphatic carbocycles. The molecule has 126 valence electrons. The average Bonchev–Trinajstić information content (AvgIpc) is 2.72. The van der Waals surface area contributed by atoms with Crippen LogP contribution in [-0.4, -0.2) is 61.8 Å². The van der Waals surface area contributed by atoms with Gasteiger partial charge in [0.2, 0.25) is 5.91 Å². The van der Waals surface area contributed by atoms with Crippen LogP contribution in [0.25, 0.3) is 0 Å². The second-order valence-electron chi connectivity index (χ2n) is 7.16. The van der Waals surface area contributed by atoms with E-state index in [0.29, 0.717) is 12.6 Å². The molecular weight excluding hydrogens is 278 g/mol. The minimum Gasteiger partial charge on any atom is -0.381 e. The third kappa shape index (κ3) is 4.00. The van der Waals surface area contributed by atoms with Crippen molar-refractivity contribution in [3.8, 4) is 0 Å². The van der Waals surface area contributed by atoms with Crippen LogP contribution >= 0.6 is 0 Å². The second-order valence-corrected chi connectivity index (χ2v) is 7.16. The molecule has 0 aromatic heterocycles. The maximum absolute atomic E-state index is 12.5. The van der Waals surface area contributed by atoms with E-state index in [1.165, 1.54) is 19.3 Å². The number of hydrogen-bond acceptors (Lipinski definition) is 4. The van der Waals surface area contributed by atoms with Gasteiger partial charge >= 0.3 is 0 Å². The lowest BCUT2D eigenvalue weighted by molar-refractivity contribution is -0.126. The van der Waals surface area contributed by atoms with Gasteiger partial charge in [0.15, 0.2) is 0 Å². The van der Waals surface area contributed by atoms with Crippen LogP contribution in [0.15, 0.2) is 0 Å². The fraction of sp³-hybridized carbons (Fsp3) is 0.941. The van der Waals surface area contributed by atoms with Crippen LogP contribution < -0.4 is 10.6 Å². The lowest BCUT2D eigenvalue weighted by Gasteiger charge is -2.45. The summed E-state index contributed by atoms with van der Waals surface area (Å²) in [5.41, 5.74) is 0.172. The van der Waals surface area contributed by atoms with Crippen molar-refractivity contribution in [1.29, 1.82) is 0 Å². The lowest BCUT2D eigenvalue weighted by Crippen LogP contribution is -2.56. The number of rotatable bonds is 3. The predicted octanol–water partition coefficient (Wildman–Crippen LogP) is 1.28. The maximum atomic E-state index is 12.5. The molecule has 3 fully saturated rings. The number of ether oxygens (including phenoxy) is 1. The number of carbonyl (C=O) groups excluding carboxylic acids is 1. The Balaban J connectivity index is 1.58. The summed E-state index contributed by atoms with van der Waals surface area (Å²) in [7, 11) is 0. The molecule has 0 aromatic rings. The molecular formula is C17H31N3O2. The summed E-state index contributed by atoms with van der Waals surface area (Å²) in [5, 5.41) is 6.77.